The third-order valence-corrected chi connectivity index (χ3v) is 4.27. The van der Waals surface area contributed by atoms with E-state index in [1.54, 1.807) is 30.3 Å². The van der Waals surface area contributed by atoms with E-state index < -0.39 is 5.63 Å². The lowest BCUT2D eigenvalue weighted by molar-refractivity contribution is 0.474. The molecule has 6 nitrogen and oxygen atoms in total. The monoisotopic (exact) mass is 363 g/mol. The molecule has 0 spiro atoms. The van der Waals surface area contributed by atoms with Crippen molar-refractivity contribution in [2.45, 2.75) is 13.8 Å². The van der Waals surface area contributed by atoms with Gasteiger partial charge in [-0.2, -0.15) is 10.2 Å². The minimum Gasteiger partial charge on any atom is -0.507 e. The number of hydrogen-bond donors (Lipinski definition) is 1. The fraction of sp³-hybridized carbons (Fsp3) is 0.190. The molecule has 0 saturated carbocycles. The van der Waals surface area contributed by atoms with Crippen molar-refractivity contribution in [1.29, 1.82) is 0 Å². The van der Waals surface area contributed by atoms with Gasteiger partial charge in [0.25, 0.3) is 0 Å². The van der Waals surface area contributed by atoms with Crippen molar-refractivity contribution < 1.29 is 9.52 Å². The molecule has 0 amide bonds. The Morgan fingerprint density at radius 2 is 1.70 bits per heavy atom. The van der Waals surface area contributed by atoms with Gasteiger partial charge in [0.15, 0.2) is 0 Å². The number of hydrogen-bond acceptors (Lipinski definition) is 6. The quantitative estimate of drug-likeness (QED) is 0.410. The molecule has 138 valence electrons. The molecule has 1 N–H and O–H groups in total. The number of phenolic OH excluding ortho intramolecular Hbond substituents is 1. The molecule has 0 fully saturated rings. The number of phenols is 1. The van der Waals surface area contributed by atoms with Crippen LogP contribution in [0.2, 0.25) is 0 Å². The minimum absolute atomic E-state index is 0.116. The lowest BCUT2D eigenvalue weighted by atomic mass is 10.1. The molecular formula is C21H21N3O3. The second kappa shape index (κ2) is 8.31. The second-order valence-corrected chi connectivity index (χ2v) is 5.93. The van der Waals surface area contributed by atoms with Crippen LogP contribution in [-0.4, -0.2) is 30.6 Å². The van der Waals surface area contributed by atoms with E-state index in [0.717, 1.165) is 24.2 Å². The highest BCUT2D eigenvalue weighted by Crippen LogP contribution is 2.21. The number of fused-ring (bicyclic) bond motifs is 1. The van der Waals surface area contributed by atoms with E-state index in [9.17, 15) is 9.90 Å². The summed E-state index contributed by atoms with van der Waals surface area (Å²) < 4.78 is 5.44. The number of rotatable bonds is 6. The molecular weight excluding hydrogens is 342 g/mol. The molecule has 0 atom stereocenters. The second-order valence-electron chi connectivity index (χ2n) is 5.93. The van der Waals surface area contributed by atoms with E-state index in [4.69, 9.17) is 4.42 Å². The Kier molecular flexibility index (Phi) is 5.66. The van der Waals surface area contributed by atoms with Crippen LogP contribution in [-0.2, 0) is 0 Å². The van der Waals surface area contributed by atoms with E-state index in [0.29, 0.717) is 16.7 Å². The molecule has 0 unspecified atom stereocenters. The SMILES string of the molecule is CCN(CC)c1ccc2cc(/C=N/N=C/c3ccccc3O)c(=O)oc2c1. The summed E-state index contributed by atoms with van der Waals surface area (Å²) in [5.41, 5.74) is 1.95. The average Bonchev–Trinajstić information content (AvgIpc) is 2.67. The smallest absolute Gasteiger partial charge is 0.345 e. The normalized spacial score (nSPS) is 11.6. The van der Waals surface area contributed by atoms with Gasteiger partial charge in [0, 0.05) is 35.8 Å². The summed E-state index contributed by atoms with van der Waals surface area (Å²) >= 11 is 0. The van der Waals surface area contributed by atoms with Crippen molar-refractivity contribution in [3.63, 3.8) is 0 Å². The van der Waals surface area contributed by atoms with Crippen molar-refractivity contribution >= 4 is 29.1 Å². The lowest BCUT2D eigenvalue weighted by Gasteiger charge is -2.20. The Morgan fingerprint density at radius 3 is 2.41 bits per heavy atom. The zero-order valence-corrected chi connectivity index (χ0v) is 15.3. The first-order chi connectivity index (χ1) is 13.1. The molecule has 0 aliphatic heterocycles. The summed E-state index contributed by atoms with van der Waals surface area (Å²) in [5, 5.41) is 18.2. The first-order valence-electron chi connectivity index (χ1n) is 8.79. The van der Waals surface area contributed by atoms with Crippen LogP contribution >= 0.6 is 0 Å². The van der Waals surface area contributed by atoms with Crippen LogP contribution in [0.5, 0.6) is 5.75 Å². The van der Waals surface area contributed by atoms with Crippen molar-refractivity contribution in [3.05, 3.63) is 70.1 Å². The van der Waals surface area contributed by atoms with E-state index in [1.807, 2.05) is 18.2 Å². The standard InChI is InChI=1S/C21H21N3O3/c1-3-24(4-2)18-10-9-15-11-17(21(26)27-20(15)12-18)14-23-22-13-16-7-5-6-8-19(16)25/h5-14,25H,3-4H2,1-2H3/b22-13+,23-14+. The van der Waals surface area contributed by atoms with Gasteiger partial charge in [-0.15, -0.1) is 0 Å². The minimum atomic E-state index is -0.472. The van der Waals surface area contributed by atoms with Crippen molar-refractivity contribution in [2.24, 2.45) is 10.2 Å². The first kappa shape index (κ1) is 18.4. The lowest BCUT2D eigenvalue weighted by Crippen LogP contribution is -2.21. The maximum atomic E-state index is 12.2. The van der Waals surface area contributed by atoms with Gasteiger partial charge in [-0.1, -0.05) is 12.1 Å². The van der Waals surface area contributed by atoms with Gasteiger partial charge in [0.05, 0.1) is 18.0 Å². The van der Waals surface area contributed by atoms with Crippen LogP contribution in [0.3, 0.4) is 0 Å². The Morgan fingerprint density at radius 1 is 1.00 bits per heavy atom. The third kappa shape index (κ3) is 4.23. The van der Waals surface area contributed by atoms with Crippen LogP contribution in [0, 0.1) is 0 Å². The van der Waals surface area contributed by atoms with Crippen LogP contribution in [0.25, 0.3) is 11.0 Å². The summed E-state index contributed by atoms with van der Waals surface area (Å²) in [7, 11) is 0. The zero-order chi connectivity index (χ0) is 19.2. The van der Waals surface area contributed by atoms with Gasteiger partial charge in [-0.05, 0) is 44.2 Å². The number of aromatic hydroxyl groups is 1. The Bertz CT molecular complexity index is 1050. The van der Waals surface area contributed by atoms with Gasteiger partial charge >= 0.3 is 5.63 Å². The molecule has 0 bridgehead atoms. The average molecular weight is 363 g/mol. The van der Waals surface area contributed by atoms with E-state index >= 15 is 0 Å². The largest absolute Gasteiger partial charge is 0.507 e. The predicted molar refractivity (Wildman–Crippen MR) is 109 cm³/mol. The third-order valence-electron chi connectivity index (χ3n) is 4.27. The molecule has 27 heavy (non-hydrogen) atoms. The number of benzene rings is 2. The Hall–Kier alpha value is -3.41. The van der Waals surface area contributed by atoms with Crippen LogP contribution in [0.1, 0.15) is 25.0 Å². The molecule has 1 heterocycles. The van der Waals surface area contributed by atoms with Gasteiger partial charge in [0.1, 0.15) is 11.3 Å². The van der Waals surface area contributed by atoms with Crippen molar-refractivity contribution in [1.82, 2.24) is 0 Å². The summed E-state index contributed by atoms with van der Waals surface area (Å²) in [6.07, 6.45) is 2.77. The molecule has 1 aromatic heterocycles. The number of para-hydroxylation sites is 1. The van der Waals surface area contributed by atoms with Gasteiger partial charge in [0.2, 0.25) is 0 Å². The Labute approximate surface area is 157 Å². The molecule has 6 heteroatoms. The topological polar surface area (TPSA) is 78.4 Å². The van der Waals surface area contributed by atoms with E-state index in [1.165, 1.54) is 12.4 Å². The van der Waals surface area contributed by atoms with Gasteiger partial charge in [-0.3, -0.25) is 0 Å². The highest BCUT2D eigenvalue weighted by molar-refractivity contribution is 5.88. The molecule has 3 aromatic rings. The zero-order valence-electron chi connectivity index (χ0n) is 15.3. The summed E-state index contributed by atoms with van der Waals surface area (Å²) in [4.78, 5) is 14.4. The van der Waals surface area contributed by atoms with E-state index in [-0.39, 0.29) is 5.75 Å². The molecule has 0 aliphatic carbocycles. The highest BCUT2D eigenvalue weighted by atomic mass is 16.4. The molecule has 0 radical (unpaired) electrons. The maximum Gasteiger partial charge on any atom is 0.345 e. The summed E-state index contributed by atoms with van der Waals surface area (Å²) in [6, 6.07) is 14.3. The van der Waals surface area contributed by atoms with Crippen LogP contribution in [0.4, 0.5) is 5.69 Å². The number of nitrogens with zero attached hydrogens (tertiary/aromatic N) is 3. The number of anilines is 1. The van der Waals surface area contributed by atoms with Gasteiger partial charge < -0.3 is 14.4 Å². The van der Waals surface area contributed by atoms with Gasteiger partial charge in [-0.25, -0.2) is 4.79 Å². The molecule has 0 saturated heterocycles. The predicted octanol–water partition coefficient (Wildman–Crippen LogP) is 3.80. The molecule has 0 aliphatic rings. The first-order valence-corrected chi connectivity index (χ1v) is 8.79. The van der Waals surface area contributed by atoms with Crippen molar-refractivity contribution in [3.8, 4) is 5.75 Å². The molecule has 3 rings (SSSR count). The van der Waals surface area contributed by atoms with Crippen molar-refractivity contribution in [2.75, 3.05) is 18.0 Å². The van der Waals surface area contributed by atoms with E-state index in [2.05, 4.69) is 29.0 Å². The summed E-state index contributed by atoms with van der Waals surface area (Å²) in [5.74, 6) is 0.116. The fourth-order valence-electron chi connectivity index (χ4n) is 2.78. The molecule has 2 aromatic carbocycles. The Balaban J connectivity index is 1.85. The summed E-state index contributed by atoms with van der Waals surface area (Å²) in [6.45, 7) is 5.93. The fourth-order valence-corrected chi connectivity index (χ4v) is 2.78. The van der Waals surface area contributed by atoms with Crippen LogP contribution in [0.15, 0.2) is 67.9 Å². The van der Waals surface area contributed by atoms with Crippen LogP contribution < -0.4 is 10.5 Å². The highest BCUT2D eigenvalue weighted by Gasteiger charge is 2.07. The maximum absolute atomic E-state index is 12.2.